The van der Waals surface area contributed by atoms with E-state index in [1.165, 1.54) is 6.07 Å². The van der Waals surface area contributed by atoms with Gasteiger partial charge in [0, 0.05) is 0 Å². The fraction of sp³-hybridized carbons (Fsp3) is 0.385. The molecule has 0 saturated heterocycles. The normalized spacial score (nSPS) is 13.9. The zero-order chi connectivity index (χ0) is 14.0. The van der Waals surface area contributed by atoms with Crippen LogP contribution in [-0.4, -0.2) is 55.7 Å². The number of hydrogen-bond donors (Lipinski definition) is 1. The quantitative estimate of drug-likeness (QED) is 0.869. The molecule has 0 aliphatic carbocycles. The minimum absolute atomic E-state index is 0.0721. The van der Waals surface area contributed by atoms with Crippen molar-refractivity contribution in [2.24, 2.45) is 0 Å². The molecular weight excluding hydrogens is 248 g/mol. The number of carbonyl (C=O) groups is 2. The summed E-state index contributed by atoms with van der Waals surface area (Å²) in [6, 6.07) is 4.79. The molecule has 0 bridgehead atoms. The van der Waals surface area contributed by atoms with Crippen LogP contribution in [0, 0.1) is 0 Å². The number of hydrogen-bond acceptors (Lipinski definition) is 4. The molecule has 0 fully saturated rings. The first-order chi connectivity index (χ1) is 9.00. The van der Waals surface area contributed by atoms with Gasteiger partial charge in [-0.25, -0.2) is 4.79 Å². The molecule has 0 radical (unpaired) electrons. The summed E-state index contributed by atoms with van der Waals surface area (Å²) in [5.41, 5.74) is 0.609. The summed E-state index contributed by atoms with van der Waals surface area (Å²) in [6.45, 7) is 1.01. The van der Waals surface area contributed by atoms with Gasteiger partial charge in [-0.3, -0.25) is 4.79 Å². The Morgan fingerprint density at radius 1 is 1.42 bits per heavy atom. The number of carbonyl (C=O) groups excluding carboxylic acids is 1. The first kappa shape index (κ1) is 13.4. The van der Waals surface area contributed by atoms with E-state index >= 15 is 0 Å². The molecular formula is C13H16N2O4. The van der Waals surface area contributed by atoms with Crippen molar-refractivity contribution in [2.75, 3.05) is 38.7 Å². The van der Waals surface area contributed by atoms with Gasteiger partial charge < -0.3 is 19.6 Å². The summed E-state index contributed by atoms with van der Waals surface area (Å²) in [5.74, 6) is -0.857. The van der Waals surface area contributed by atoms with Crippen LogP contribution in [-0.2, 0) is 4.79 Å². The zero-order valence-electron chi connectivity index (χ0n) is 10.9. The number of likely N-dealkylation sites (N-methyl/N-ethyl adjacent to an activating group) is 1. The van der Waals surface area contributed by atoms with Gasteiger partial charge in [-0.15, -0.1) is 0 Å². The summed E-state index contributed by atoms with van der Waals surface area (Å²) >= 11 is 0. The number of carboxylic acid groups (broad SMARTS) is 1. The Morgan fingerprint density at radius 2 is 2.16 bits per heavy atom. The van der Waals surface area contributed by atoms with E-state index in [-0.39, 0.29) is 23.8 Å². The Labute approximate surface area is 111 Å². The van der Waals surface area contributed by atoms with E-state index in [0.717, 1.165) is 0 Å². The minimum atomic E-state index is -1.06. The smallest absolute Gasteiger partial charge is 0.339 e. The summed E-state index contributed by atoms with van der Waals surface area (Å²) in [4.78, 5) is 26.6. The lowest BCUT2D eigenvalue weighted by molar-refractivity contribution is -0.119. The van der Waals surface area contributed by atoms with Gasteiger partial charge in [-0.1, -0.05) is 6.07 Å². The van der Waals surface area contributed by atoms with E-state index in [1.54, 1.807) is 21.9 Å². The summed E-state index contributed by atoms with van der Waals surface area (Å²) in [7, 11) is 3.62. The second-order valence-electron chi connectivity index (χ2n) is 4.59. The third kappa shape index (κ3) is 2.68. The van der Waals surface area contributed by atoms with Gasteiger partial charge in [0.25, 0.3) is 0 Å². The predicted octanol–water partition coefficient (Wildman–Crippen LogP) is 0.672. The fourth-order valence-corrected chi connectivity index (χ4v) is 2.03. The van der Waals surface area contributed by atoms with Gasteiger partial charge in [0.15, 0.2) is 5.75 Å². The molecule has 0 spiro atoms. The van der Waals surface area contributed by atoms with E-state index in [9.17, 15) is 9.59 Å². The highest BCUT2D eigenvalue weighted by molar-refractivity contribution is 6.00. The van der Waals surface area contributed by atoms with E-state index in [4.69, 9.17) is 9.84 Å². The van der Waals surface area contributed by atoms with Crippen LogP contribution in [0.3, 0.4) is 0 Å². The Morgan fingerprint density at radius 3 is 2.79 bits per heavy atom. The van der Waals surface area contributed by atoms with Crippen LogP contribution in [0.25, 0.3) is 0 Å². The molecule has 6 heteroatoms. The number of aromatic carboxylic acids is 1. The van der Waals surface area contributed by atoms with Crippen LogP contribution in [0.2, 0.25) is 0 Å². The van der Waals surface area contributed by atoms with Crippen molar-refractivity contribution < 1.29 is 19.4 Å². The number of anilines is 1. The summed E-state index contributed by atoms with van der Waals surface area (Å²) < 4.78 is 5.41. The van der Waals surface area contributed by atoms with Crippen molar-refractivity contribution in [2.45, 2.75) is 0 Å². The second kappa shape index (κ2) is 5.27. The largest absolute Gasteiger partial charge is 0.489 e. The van der Waals surface area contributed by atoms with Crippen molar-refractivity contribution in [3.63, 3.8) is 0 Å². The highest BCUT2D eigenvalue weighted by atomic mass is 16.5. The molecule has 1 N–H and O–H groups in total. The lowest BCUT2D eigenvalue weighted by Gasteiger charge is -2.31. The molecule has 1 heterocycles. The van der Waals surface area contributed by atoms with Gasteiger partial charge in [0.1, 0.15) is 12.2 Å². The minimum Gasteiger partial charge on any atom is -0.489 e. The molecule has 1 amide bonds. The van der Waals surface area contributed by atoms with Crippen LogP contribution < -0.4 is 9.64 Å². The average Bonchev–Trinajstić information content (AvgIpc) is 2.36. The lowest BCUT2D eigenvalue weighted by Crippen LogP contribution is -2.42. The molecule has 0 unspecified atom stereocenters. The molecule has 19 heavy (non-hydrogen) atoms. The molecule has 6 nitrogen and oxygen atoms in total. The first-order valence-corrected chi connectivity index (χ1v) is 5.95. The summed E-state index contributed by atoms with van der Waals surface area (Å²) in [6.07, 6.45) is 0. The third-order valence-electron chi connectivity index (χ3n) is 2.83. The second-order valence-corrected chi connectivity index (χ2v) is 4.59. The standard InChI is InChI=1S/C13H16N2O4/c1-14(2)8-11(16)15-6-7-19-12-9(13(17)18)4-3-5-10(12)15/h3-5H,6-8H2,1-2H3,(H,17,18). The predicted molar refractivity (Wildman–Crippen MR) is 69.8 cm³/mol. The van der Waals surface area contributed by atoms with Crippen LogP contribution in [0.15, 0.2) is 18.2 Å². The Balaban J connectivity index is 2.37. The van der Waals surface area contributed by atoms with Crippen LogP contribution >= 0.6 is 0 Å². The molecule has 0 saturated carbocycles. The molecule has 1 aliphatic heterocycles. The number of benzene rings is 1. The molecule has 1 aliphatic rings. The van der Waals surface area contributed by atoms with Crippen molar-refractivity contribution in [1.29, 1.82) is 0 Å². The van der Waals surface area contributed by atoms with Gasteiger partial charge in [-0.05, 0) is 26.2 Å². The topological polar surface area (TPSA) is 70.1 Å². The number of nitrogens with zero attached hydrogens (tertiary/aromatic N) is 2. The average molecular weight is 264 g/mol. The van der Waals surface area contributed by atoms with E-state index in [0.29, 0.717) is 18.8 Å². The van der Waals surface area contributed by atoms with E-state index in [2.05, 4.69) is 0 Å². The Kier molecular flexibility index (Phi) is 3.71. The van der Waals surface area contributed by atoms with Crippen molar-refractivity contribution in [1.82, 2.24) is 4.90 Å². The van der Waals surface area contributed by atoms with E-state index in [1.807, 2.05) is 14.1 Å². The number of fused-ring (bicyclic) bond motifs is 1. The SMILES string of the molecule is CN(C)CC(=O)N1CCOc2c(C(=O)O)cccc21. The van der Waals surface area contributed by atoms with Gasteiger partial charge in [0.2, 0.25) is 5.91 Å². The number of rotatable bonds is 3. The first-order valence-electron chi connectivity index (χ1n) is 5.95. The van der Waals surface area contributed by atoms with Crippen molar-refractivity contribution in [3.8, 4) is 5.75 Å². The van der Waals surface area contributed by atoms with Crippen LogP contribution in [0.1, 0.15) is 10.4 Å². The molecule has 0 atom stereocenters. The summed E-state index contributed by atoms with van der Waals surface area (Å²) in [5, 5.41) is 9.12. The molecule has 1 aromatic rings. The highest BCUT2D eigenvalue weighted by Crippen LogP contribution is 2.35. The monoisotopic (exact) mass is 264 g/mol. The van der Waals surface area contributed by atoms with E-state index < -0.39 is 5.97 Å². The van der Waals surface area contributed by atoms with Gasteiger partial charge in [0.05, 0.1) is 18.8 Å². The van der Waals surface area contributed by atoms with Crippen LogP contribution in [0.4, 0.5) is 5.69 Å². The number of para-hydroxylation sites is 1. The molecule has 102 valence electrons. The van der Waals surface area contributed by atoms with Gasteiger partial charge in [-0.2, -0.15) is 0 Å². The maximum Gasteiger partial charge on any atom is 0.339 e. The van der Waals surface area contributed by atoms with Gasteiger partial charge >= 0.3 is 5.97 Å². The Hall–Kier alpha value is -2.08. The Bertz CT molecular complexity index is 513. The fourth-order valence-electron chi connectivity index (χ4n) is 2.03. The number of amides is 1. The molecule has 1 aromatic carbocycles. The zero-order valence-corrected chi connectivity index (χ0v) is 10.9. The third-order valence-corrected chi connectivity index (χ3v) is 2.83. The lowest BCUT2D eigenvalue weighted by atomic mass is 10.1. The van der Waals surface area contributed by atoms with Crippen molar-refractivity contribution in [3.05, 3.63) is 23.8 Å². The van der Waals surface area contributed by atoms with Crippen LogP contribution in [0.5, 0.6) is 5.75 Å². The highest BCUT2D eigenvalue weighted by Gasteiger charge is 2.27. The maximum atomic E-state index is 12.1. The maximum absolute atomic E-state index is 12.1. The number of ether oxygens (including phenoxy) is 1. The molecule has 2 rings (SSSR count). The molecule has 0 aromatic heterocycles. The number of carboxylic acids is 1. The van der Waals surface area contributed by atoms with Crippen molar-refractivity contribution >= 4 is 17.6 Å².